The van der Waals surface area contributed by atoms with E-state index in [0.29, 0.717) is 30.5 Å². The van der Waals surface area contributed by atoms with Crippen LogP contribution in [-0.2, 0) is 4.74 Å². The summed E-state index contributed by atoms with van der Waals surface area (Å²) in [6.07, 6.45) is 1.36. The number of hydrogen-bond acceptors (Lipinski definition) is 4. The summed E-state index contributed by atoms with van der Waals surface area (Å²) in [5.41, 5.74) is 5.56. The Kier molecular flexibility index (Phi) is 3.81. The van der Waals surface area contributed by atoms with Crippen molar-refractivity contribution in [1.82, 2.24) is 4.98 Å². The summed E-state index contributed by atoms with van der Waals surface area (Å²) in [6.45, 7) is 3.44. The summed E-state index contributed by atoms with van der Waals surface area (Å²) in [5, 5.41) is 0.294. The number of aromatic nitrogens is 1. The minimum absolute atomic E-state index is 0.0703. The van der Waals surface area contributed by atoms with Crippen molar-refractivity contribution in [3.63, 3.8) is 0 Å². The van der Waals surface area contributed by atoms with E-state index in [-0.39, 0.29) is 12.1 Å². The van der Waals surface area contributed by atoms with Crippen LogP contribution in [0.25, 0.3) is 0 Å². The van der Waals surface area contributed by atoms with Crippen LogP contribution < -0.4 is 10.6 Å². The lowest BCUT2D eigenvalue weighted by Crippen LogP contribution is -2.51. The van der Waals surface area contributed by atoms with Crippen LogP contribution in [0.15, 0.2) is 12.3 Å². The molecule has 1 aromatic heterocycles. The summed E-state index contributed by atoms with van der Waals surface area (Å²) in [7, 11) is 0. The van der Waals surface area contributed by atoms with Gasteiger partial charge in [-0.05, 0) is 13.0 Å². The number of morpholine rings is 1. The predicted molar refractivity (Wildman–Crippen MR) is 64.8 cm³/mol. The molecule has 2 heterocycles. The molecular weight excluding hydrogens is 245 g/mol. The molecule has 0 amide bonds. The van der Waals surface area contributed by atoms with Gasteiger partial charge in [-0.25, -0.2) is 9.37 Å². The fourth-order valence-corrected chi connectivity index (χ4v) is 2.02. The third-order valence-electron chi connectivity index (χ3n) is 2.83. The van der Waals surface area contributed by atoms with Crippen LogP contribution >= 0.6 is 11.6 Å². The second-order valence-corrected chi connectivity index (χ2v) is 4.59. The largest absolute Gasteiger partial charge is 0.373 e. The molecule has 0 radical (unpaired) electrons. The number of pyridine rings is 1. The Bertz CT molecular complexity index is 404. The van der Waals surface area contributed by atoms with Crippen LogP contribution in [0.4, 0.5) is 10.2 Å². The number of hydrogen-bond donors (Lipinski definition) is 1. The maximum absolute atomic E-state index is 13.8. The first kappa shape index (κ1) is 12.5. The maximum Gasteiger partial charge on any atom is 0.167 e. The van der Waals surface area contributed by atoms with Crippen molar-refractivity contribution >= 4 is 17.4 Å². The Balaban J connectivity index is 2.24. The monoisotopic (exact) mass is 259 g/mol. The second kappa shape index (κ2) is 5.16. The van der Waals surface area contributed by atoms with Crippen LogP contribution in [0.1, 0.15) is 6.92 Å². The highest BCUT2D eigenvalue weighted by Crippen LogP contribution is 2.24. The van der Waals surface area contributed by atoms with Crippen molar-refractivity contribution in [2.45, 2.75) is 19.1 Å². The Morgan fingerprint density at radius 2 is 2.47 bits per heavy atom. The van der Waals surface area contributed by atoms with E-state index in [4.69, 9.17) is 22.1 Å². The number of anilines is 1. The average Bonchev–Trinajstić information content (AvgIpc) is 2.30. The molecule has 0 saturated carbocycles. The number of nitrogens with two attached hydrogens (primary N) is 1. The van der Waals surface area contributed by atoms with Gasteiger partial charge in [-0.2, -0.15) is 0 Å². The zero-order valence-corrected chi connectivity index (χ0v) is 10.3. The first-order valence-corrected chi connectivity index (χ1v) is 5.89. The lowest BCUT2D eigenvalue weighted by molar-refractivity contribution is 0.0277. The van der Waals surface area contributed by atoms with E-state index in [1.54, 1.807) is 0 Å². The van der Waals surface area contributed by atoms with E-state index in [1.165, 1.54) is 12.3 Å². The summed E-state index contributed by atoms with van der Waals surface area (Å²) < 4.78 is 19.3. The standard InChI is InChI=1S/C11H15ClFN3O/c1-7-6-17-9(3-14)5-16(7)11-10(13)2-8(12)4-15-11/h2,4,7,9H,3,5-6,14H2,1H3. The molecule has 17 heavy (non-hydrogen) atoms. The summed E-state index contributed by atoms with van der Waals surface area (Å²) in [6, 6.07) is 1.34. The van der Waals surface area contributed by atoms with Gasteiger partial charge >= 0.3 is 0 Å². The van der Waals surface area contributed by atoms with E-state index in [1.807, 2.05) is 11.8 Å². The molecule has 2 unspecified atom stereocenters. The lowest BCUT2D eigenvalue weighted by Gasteiger charge is -2.38. The molecule has 1 aromatic rings. The Morgan fingerprint density at radius 1 is 1.71 bits per heavy atom. The fraction of sp³-hybridized carbons (Fsp3) is 0.545. The number of ether oxygens (including phenoxy) is 1. The van der Waals surface area contributed by atoms with E-state index >= 15 is 0 Å². The van der Waals surface area contributed by atoms with Crippen LogP contribution in [0.2, 0.25) is 5.02 Å². The van der Waals surface area contributed by atoms with Gasteiger partial charge in [-0.1, -0.05) is 11.6 Å². The van der Waals surface area contributed by atoms with E-state index in [0.717, 1.165) is 0 Å². The maximum atomic E-state index is 13.8. The second-order valence-electron chi connectivity index (χ2n) is 4.15. The molecule has 1 saturated heterocycles. The Morgan fingerprint density at radius 3 is 3.12 bits per heavy atom. The first-order valence-electron chi connectivity index (χ1n) is 5.51. The van der Waals surface area contributed by atoms with Gasteiger partial charge in [0.05, 0.1) is 23.8 Å². The van der Waals surface area contributed by atoms with Crippen LogP contribution in [0.5, 0.6) is 0 Å². The molecule has 0 spiro atoms. The molecule has 0 aromatic carbocycles. The molecule has 1 aliphatic heterocycles. The zero-order valence-electron chi connectivity index (χ0n) is 9.57. The van der Waals surface area contributed by atoms with Gasteiger partial charge in [0, 0.05) is 19.3 Å². The third kappa shape index (κ3) is 2.68. The van der Waals surface area contributed by atoms with Gasteiger partial charge in [0.25, 0.3) is 0 Å². The Labute approximate surface area is 105 Å². The van der Waals surface area contributed by atoms with Crippen molar-refractivity contribution in [3.8, 4) is 0 Å². The molecule has 2 N–H and O–H groups in total. The highest BCUT2D eigenvalue weighted by Gasteiger charge is 2.28. The van der Waals surface area contributed by atoms with Crippen molar-refractivity contribution in [2.75, 3.05) is 24.6 Å². The van der Waals surface area contributed by atoms with Crippen molar-refractivity contribution in [2.24, 2.45) is 5.73 Å². The molecule has 4 nitrogen and oxygen atoms in total. The van der Waals surface area contributed by atoms with E-state index < -0.39 is 5.82 Å². The van der Waals surface area contributed by atoms with E-state index in [9.17, 15) is 4.39 Å². The number of rotatable bonds is 2. The summed E-state index contributed by atoms with van der Waals surface area (Å²) in [4.78, 5) is 5.91. The quantitative estimate of drug-likeness (QED) is 0.873. The lowest BCUT2D eigenvalue weighted by atomic mass is 10.2. The van der Waals surface area contributed by atoms with Crippen molar-refractivity contribution in [3.05, 3.63) is 23.1 Å². The minimum atomic E-state index is -0.415. The van der Waals surface area contributed by atoms with Crippen molar-refractivity contribution in [1.29, 1.82) is 0 Å². The van der Waals surface area contributed by atoms with Gasteiger partial charge in [0.15, 0.2) is 11.6 Å². The highest BCUT2D eigenvalue weighted by atomic mass is 35.5. The minimum Gasteiger partial charge on any atom is -0.373 e. The highest BCUT2D eigenvalue weighted by molar-refractivity contribution is 6.30. The molecule has 2 rings (SSSR count). The number of halogens is 2. The van der Waals surface area contributed by atoms with Gasteiger partial charge < -0.3 is 15.4 Å². The van der Waals surface area contributed by atoms with E-state index in [2.05, 4.69) is 4.98 Å². The Hall–Kier alpha value is -0.910. The predicted octanol–water partition coefficient (Wildman–Crippen LogP) is 1.43. The molecular formula is C11H15ClFN3O. The first-order chi connectivity index (χ1) is 8.11. The molecule has 94 valence electrons. The molecule has 0 bridgehead atoms. The van der Waals surface area contributed by atoms with Crippen LogP contribution in [0.3, 0.4) is 0 Å². The average molecular weight is 260 g/mol. The molecule has 6 heteroatoms. The zero-order chi connectivity index (χ0) is 12.4. The molecule has 1 fully saturated rings. The third-order valence-corrected chi connectivity index (χ3v) is 3.04. The van der Waals surface area contributed by atoms with Crippen LogP contribution in [0, 0.1) is 5.82 Å². The van der Waals surface area contributed by atoms with Gasteiger partial charge in [0.2, 0.25) is 0 Å². The summed E-state index contributed by atoms with van der Waals surface area (Å²) >= 11 is 5.68. The number of nitrogens with zero attached hydrogens (tertiary/aromatic N) is 2. The van der Waals surface area contributed by atoms with Crippen LogP contribution in [-0.4, -0.2) is 36.8 Å². The van der Waals surface area contributed by atoms with Gasteiger partial charge in [-0.3, -0.25) is 0 Å². The van der Waals surface area contributed by atoms with Gasteiger partial charge in [0.1, 0.15) is 0 Å². The smallest absolute Gasteiger partial charge is 0.167 e. The molecule has 2 atom stereocenters. The topological polar surface area (TPSA) is 51.4 Å². The SMILES string of the molecule is CC1COC(CN)CN1c1ncc(Cl)cc1F. The van der Waals surface area contributed by atoms with Crippen molar-refractivity contribution < 1.29 is 9.13 Å². The summed E-state index contributed by atoms with van der Waals surface area (Å²) in [5.74, 6) is -0.106. The fourth-order valence-electron chi connectivity index (χ4n) is 1.87. The van der Waals surface area contributed by atoms with Gasteiger partial charge in [-0.15, -0.1) is 0 Å². The molecule has 0 aliphatic carbocycles. The normalized spacial score (nSPS) is 25.1. The molecule has 1 aliphatic rings.